The molecule has 1 N–H and O–H groups in total. The van der Waals surface area contributed by atoms with Gasteiger partial charge in [-0.05, 0) is 37.0 Å². The third-order valence-corrected chi connectivity index (χ3v) is 2.46. The van der Waals surface area contributed by atoms with Gasteiger partial charge in [0.1, 0.15) is 5.75 Å². The number of carbonyl (C=O) groups is 1. The van der Waals surface area contributed by atoms with Crippen molar-refractivity contribution in [3.8, 4) is 5.75 Å². The molecule has 0 unspecified atom stereocenters. The lowest BCUT2D eigenvalue weighted by molar-refractivity contribution is 0.137. The summed E-state index contributed by atoms with van der Waals surface area (Å²) < 4.78 is 10.1. The molecule has 0 saturated heterocycles. The van der Waals surface area contributed by atoms with Gasteiger partial charge in [-0.3, -0.25) is 0 Å². The van der Waals surface area contributed by atoms with E-state index in [0.717, 1.165) is 30.6 Å². The summed E-state index contributed by atoms with van der Waals surface area (Å²) in [6.07, 6.45) is 0.483. The van der Waals surface area contributed by atoms with Gasteiger partial charge >= 0.3 is 6.16 Å². The third-order valence-electron chi connectivity index (χ3n) is 2.46. The Morgan fingerprint density at radius 1 is 1.35 bits per heavy atom. The summed E-state index contributed by atoms with van der Waals surface area (Å²) >= 11 is 0. The van der Waals surface area contributed by atoms with E-state index in [9.17, 15) is 4.79 Å². The Hall–Kier alpha value is -1.55. The topological polar surface area (TPSA) is 55.8 Å². The number of ether oxygens (including phenoxy) is 2. The maximum absolute atomic E-state index is 10.5. The van der Waals surface area contributed by atoms with Crippen LogP contribution < -0.4 is 4.74 Å². The van der Waals surface area contributed by atoms with Gasteiger partial charge in [-0.2, -0.15) is 0 Å². The molecule has 4 heteroatoms. The lowest BCUT2D eigenvalue weighted by Gasteiger charge is -2.10. The first kappa shape index (κ1) is 13.5. The van der Waals surface area contributed by atoms with Gasteiger partial charge < -0.3 is 14.6 Å². The van der Waals surface area contributed by atoms with Crippen molar-refractivity contribution >= 4 is 6.16 Å². The fourth-order valence-electron chi connectivity index (χ4n) is 1.56. The monoisotopic (exact) mass is 238 g/mol. The molecule has 0 fully saturated rings. The van der Waals surface area contributed by atoms with E-state index in [1.807, 2.05) is 13.0 Å². The molecule has 0 aliphatic rings. The van der Waals surface area contributed by atoms with E-state index in [4.69, 9.17) is 9.84 Å². The Kier molecular flexibility index (Phi) is 5.49. The van der Waals surface area contributed by atoms with Crippen molar-refractivity contribution in [2.75, 3.05) is 13.2 Å². The Bertz CT molecular complexity index is 374. The molecule has 17 heavy (non-hydrogen) atoms. The Labute approximate surface area is 101 Å². The van der Waals surface area contributed by atoms with E-state index in [1.165, 1.54) is 0 Å². The number of rotatable bonds is 6. The van der Waals surface area contributed by atoms with Crippen LogP contribution in [0.25, 0.3) is 0 Å². The lowest BCUT2D eigenvalue weighted by atomic mass is 10.1. The van der Waals surface area contributed by atoms with Gasteiger partial charge in [-0.25, -0.2) is 4.79 Å². The van der Waals surface area contributed by atoms with Crippen LogP contribution in [0.3, 0.4) is 0 Å². The zero-order chi connectivity index (χ0) is 12.7. The largest absolute Gasteiger partial charge is 0.511 e. The first-order valence-electron chi connectivity index (χ1n) is 5.72. The molecule has 0 heterocycles. The zero-order valence-electron chi connectivity index (χ0n) is 10.2. The highest BCUT2D eigenvalue weighted by Crippen LogP contribution is 2.21. The van der Waals surface area contributed by atoms with Gasteiger partial charge in [0, 0.05) is 6.61 Å². The summed E-state index contributed by atoms with van der Waals surface area (Å²) in [6.45, 7) is 5.32. The van der Waals surface area contributed by atoms with E-state index in [-0.39, 0.29) is 0 Å². The minimum absolute atomic E-state index is 0.394. The zero-order valence-corrected chi connectivity index (χ0v) is 10.2. The second-order valence-corrected chi connectivity index (χ2v) is 3.77. The summed E-state index contributed by atoms with van der Waals surface area (Å²) in [7, 11) is 0. The average molecular weight is 238 g/mol. The smallest absolute Gasteiger partial charge is 0.449 e. The molecule has 0 amide bonds. The van der Waals surface area contributed by atoms with E-state index < -0.39 is 6.16 Å². The van der Waals surface area contributed by atoms with Gasteiger partial charge in [0.05, 0.1) is 6.61 Å². The number of hydrogen-bond acceptors (Lipinski definition) is 3. The van der Waals surface area contributed by atoms with Crippen LogP contribution >= 0.6 is 0 Å². The molecule has 0 atom stereocenters. The molecule has 0 spiro atoms. The third kappa shape index (κ3) is 4.44. The molecule has 0 radical (unpaired) electrons. The van der Waals surface area contributed by atoms with Crippen molar-refractivity contribution < 1.29 is 19.4 Å². The first-order chi connectivity index (χ1) is 8.15. The molecule has 0 saturated carbocycles. The first-order valence-corrected chi connectivity index (χ1v) is 5.72. The van der Waals surface area contributed by atoms with Gasteiger partial charge in [-0.1, -0.05) is 19.1 Å². The molecule has 0 aliphatic heterocycles. The summed E-state index contributed by atoms with van der Waals surface area (Å²) in [5.41, 5.74) is 1.91. The van der Waals surface area contributed by atoms with Crippen LogP contribution in [-0.4, -0.2) is 24.5 Å². The summed E-state index contributed by atoms with van der Waals surface area (Å²) in [5.74, 6) is 0.394. The van der Waals surface area contributed by atoms with Crippen molar-refractivity contribution in [3.05, 3.63) is 29.3 Å². The average Bonchev–Trinajstić information content (AvgIpc) is 2.28. The second kappa shape index (κ2) is 6.91. The van der Waals surface area contributed by atoms with Crippen molar-refractivity contribution in [1.82, 2.24) is 0 Å². The molecule has 1 aromatic carbocycles. The van der Waals surface area contributed by atoms with Crippen LogP contribution in [0, 0.1) is 6.92 Å². The van der Waals surface area contributed by atoms with Gasteiger partial charge in [0.25, 0.3) is 0 Å². The Morgan fingerprint density at radius 2 is 2.12 bits per heavy atom. The van der Waals surface area contributed by atoms with E-state index in [0.29, 0.717) is 12.4 Å². The van der Waals surface area contributed by atoms with Crippen LogP contribution in [0.15, 0.2) is 18.2 Å². The molecule has 0 bridgehead atoms. The minimum atomic E-state index is -1.28. The van der Waals surface area contributed by atoms with Crippen LogP contribution in [0.2, 0.25) is 0 Å². The predicted octanol–water partition coefficient (Wildman–Crippen LogP) is 3.02. The van der Waals surface area contributed by atoms with Crippen LogP contribution in [-0.2, 0) is 11.2 Å². The molecule has 1 aromatic rings. The van der Waals surface area contributed by atoms with Gasteiger partial charge in [-0.15, -0.1) is 0 Å². The molecule has 0 aliphatic carbocycles. The minimum Gasteiger partial charge on any atom is -0.449 e. The van der Waals surface area contributed by atoms with E-state index in [2.05, 4.69) is 11.7 Å². The van der Waals surface area contributed by atoms with Crippen LogP contribution in [0.5, 0.6) is 5.75 Å². The van der Waals surface area contributed by atoms with Crippen molar-refractivity contribution in [1.29, 1.82) is 0 Å². The SMILES string of the molecule is CCCOCCc1cccc(OC(=O)O)c1C. The maximum atomic E-state index is 10.5. The van der Waals surface area contributed by atoms with Gasteiger partial charge in [0.2, 0.25) is 0 Å². The van der Waals surface area contributed by atoms with E-state index >= 15 is 0 Å². The quantitative estimate of drug-likeness (QED) is 0.470. The van der Waals surface area contributed by atoms with E-state index in [1.54, 1.807) is 12.1 Å². The lowest BCUT2D eigenvalue weighted by Crippen LogP contribution is -2.06. The summed E-state index contributed by atoms with van der Waals surface area (Å²) in [6, 6.07) is 5.40. The Morgan fingerprint density at radius 3 is 2.76 bits per heavy atom. The predicted molar refractivity (Wildman–Crippen MR) is 64.6 cm³/mol. The van der Waals surface area contributed by atoms with Crippen LogP contribution in [0.1, 0.15) is 24.5 Å². The Balaban J connectivity index is 2.63. The van der Waals surface area contributed by atoms with Gasteiger partial charge in [0.15, 0.2) is 0 Å². The second-order valence-electron chi connectivity index (χ2n) is 3.77. The fraction of sp³-hybridized carbons (Fsp3) is 0.462. The van der Waals surface area contributed by atoms with Crippen molar-refractivity contribution in [3.63, 3.8) is 0 Å². The fourth-order valence-corrected chi connectivity index (χ4v) is 1.56. The molecular weight excluding hydrogens is 220 g/mol. The molecule has 0 aromatic heterocycles. The molecule has 1 rings (SSSR count). The van der Waals surface area contributed by atoms with Crippen LogP contribution in [0.4, 0.5) is 4.79 Å². The molecular formula is C13H18O4. The standard InChI is InChI=1S/C13H18O4/c1-3-8-16-9-7-11-5-4-6-12(10(11)2)17-13(14)15/h4-6H,3,7-9H2,1-2H3,(H,14,15). The number of hydrogen-bond donors (Lipinski definition) is 1. The normalized spacial score (nSPS) is 10.2. The van der Waals surface area contributed by atoms with Crippen molar-refractivity contribution in [2.45, 2.75) is 26.7 Å². The molecule has 4 nitrogen and oxygen atoms in total. The molecule has 94 valence electrons. The maximum Gasteiger partial charge on any atom is 0.511 e. The highest BCUT2D eigenvalue weighted by Gasteiger charge is 2.08. The highest BCUT2D eigenvalue weighted by atomic mass is 16.7. The summed E-state index contributed by atoms with van der Waals surface area (Å²) in [4.78, 5) is 10.5. The number of benzene rings is 1. The number of carboxylic acid groups (broad SMARTS) is 1. The summed E-state index contributed by atoms with van der Waals surface area (Å²) in [5, 5.41) is 8.58. The van der Waals surface area contributed by atoms with Crippen molar-refractivity contribution in [2.24, 2.45) is 0 Å². The highest BCUT2D eigenvalue weighted by molar-refractivity contribution is 5.62.